The number of aryl methyl sites for hydroxylation is 1. The molecule has 2 heterocycles. The van der Waals surface area contributed by atoms with Crippen LogP contribution in [0.2, 0.25) is 0 Å². The Bertz CT molecular complexity index is 599. The number of aromatic nitrogens is 2. The third-order valence-corrected chi connectivity index (χ3v) is 4.80. The Morgan fingerprint density at radius 1 is 1.43 bits per heavy atom. The van der Waals surface area contributed by atoms with Crippen LogP contribution < -0.4 is 5.32 Å². The molecule has 3 rings (SSSR count). The molecule has 1 aliphatic rings. The van der Waals surface area contributed by atoms with E-state index in [1.54, 1.807) is 11.8 Å². The first-order chi connectivity index (χ1) is 10.2. The highest BCUT2D eigenvalue weighted by atomic mass is 32.2. The zero-order valence-electron chi connectivity index (χ0n) is 12.5. The van der Waals surface area contributed by atoms with Gasteiger partial charge in [-0.2, -0.15) is 4.98 Å². The van der Waals surface area contributed by atoms with Crippen molar-refractivity contribution in [2.75, 3.05) is 6.54 Å². The average molecular weight is 303 g/mol. The van der Waals surface area contributed by atoms with Crippen LogP contribution in [0.25, 0.3) is 0 Å². The van der Waals surface area contributed by atoms with Gasteiger partial charge < -0.3 is 9.84 Å². The van der Waals surface area contributed by atoms with Gasteiger partial charge in [0.05, 0.1) is 5.75 Å². The summed E-state index contributed by atoms with van der Waals surface area (Å²) in [6, 6.07) is 9.01. The lowest BCUT2D eigenvalue weighted by atomic mass is 9.93. The van der Waals surface area contributed by atoms with E-state index in [-0.39, 0.29) is 0 Å². The molecule has 0 spiro atoms. The second kappa shape index (κ2) is 6.62. The number of benzene rings is 1. The highest BCUT2D eigenvalue weighted by molar-refractivity contribution is 7.98. The van der Waals surface area contributed by atoms with Gasteiger partial charge in [-0.05, 0) is 45.4 Å². The van der Waals surface area contributed by atoms with Crippen LogP contribution >= 0.6 is 11.8 Å². The number of rotatable bonds is 4. The average Bonchev–Trinajstić information content (AvgIpc) is 2.94. The molecule has 112 valence electrons. The van der Waals surface area contributed by atoms with Gasteiger partial charge >= 0.3 is 0 Å². The minimum atomic E-state index is 0.409. The van der Waals surface area contributed by atoms with Crippen LogP contribution in [0.5, 0.6) is 0 Å². The third-order valence-electron chi connectivity index (χ3n) is 3.81. The summed E-state index contributed by atoms with van der Waals surface area (Å²) in [5.74, 6) is 2.77. The normalized spacial score (nSPS) is 22.4. The summed E-state index contributed by atoms with van der Waals surface area (Å²) in [6.07, 6.45) is 2.16. The number of piperidine rings is 1. The minimum absolute atomic E-state index is 0.409. The molecular formula is C16H21N3OS. The number of nitrogens with one attached hydrogen (secondary N) is 1. The lowest BCUT2D eigenvalue weighted by molar-refractivity contribution is 0.294. The Kier molecular flexibility index (Phi) is 4.60. The van der Waals surface area contributed by atoms with E-state index in [1.165, 1.54) is 10.5 Å². The lowest BCUT2D eigenvalue weighted by Crippen LogP contribution is -2.34. The molecule has 2 aromatic rings. The van der Waals surface area contributed by atoms with Gasteiger partial charge in [0.2, 0.25) is 5.89 Å². The van der Waals surface area contributed by atoms with Crippen molar-refractivity contribution in [2.24, 2.45) is 0 Å². The Labute approximate surface area is 129 Å². The summed E-state index contributed by atoms with van der Waals surface area (Å²) >= 11 is 1.75. The van der Waals surface area contributed by atoms with Crippen molar-refractivity contribution in [3.63, 3.8) is 0 Å². The zero-order chi connectivity index (χ0) is 14.7. The van der Waals surface area contributed by atoms with E-state index >= 15 is 0 Å². The maximum Gasteiger partial charge on any atom is 0.229 e. The largest absolute Gasteiger partial charge is 0.339 e. The maximum atomic E-state index is 5.46. The molecule has 1 fully saturated rings. The van der Waals surface area contributed by atoms with Crippen molar-refractivity contribution >= 4 is 11.8 Å². The highest BCUT2D eigenvalue weighted by Gasteiger charge is 2.24. The van der Waals surface area contributed by atoms with Crippen LogP contribution in [0.3, 0.4) is 0 Å². The SMILES string of the molecule is Cc1cccc(SCc2noc(C3CCNC(C)C3)n2)c1. The molecule has 0 radical (unpaired) electrons. The summed E-state index contributed by atoms with van der Waals surface area (Å²) in [5.41, 5.74) is 1.28. The van der Waals surface area contributed by atoms with Gasteiger partial charge in [-0.3, -0.25) is 0 Å². The molecule has 0 saturated carbocycles. The van der Waals surface area contributed by atoms with Crippen molar-refractivity contribution in [2.45, 2.75) is 49.3 Å². The van der Waals surface area contributed by atoms with Crippen LogP contribution in [-0.2, 0) is 5.75 Å². The van der Waals surface area contributed by atoms with E-state index in [1.807, 2.05) is 0 Å². The Balaban J connectivity index is 1.60. The molecule has 0 aliphatic carbocycles. The molecule has 1 N–H and O–H groups in total. The third kappa shape index (κ3) is 3.86. The number of nitrogens with zero attached hydrogens (tertiary/aromatic N) is 2. The van der Waals surface area contributed by atoms with Gasteiger partial charge in [-0.1, -0.05) is 22.9 Å². The summed E-state index contributed by atoms with van der Waals surface area (Å²) in [4.78, 5) is 5.83. The zero-order valence-corrected chi connectivity index (χ0v) is 13.3. The molecule has 1 aromatic heterocycles. The molecule has 4 nitrogen and oxygen atoms in total. The summed E-state index contributed by atoms with van der Waals surface area (Å²) < 4.78 is 5.46. The van der Waals surface area contributed by atoms with Crippen LogP contribution in [0.4, 0.5) is 0 Å². The first kappa shape index (κ1) is 14.6. The lowest BCUT2D eigenvalue weighted by Gasteiger charge is -2.25. The van der Waals surface area contributed by atoms with Crippen molar-refractivity contribution in [3.05, 3.63) is 41.5 Å². The van der Waals surface area contributed by atoms with Crippen LogP contribution in [-0.4, -0.2) is 22.7 Å². The van der Waals surface area contributed by atoms with Crippen LogP contribution in [0.15, 0.2) is 33.7 Å². The fraction of sp³-hybridized carbons (Fsp3) is 0.500. The highest BCUT2D eigenvalue weighted by Crippen LogP contribution is 2.28. The van der Waals surface area contributed by atoms with Crippen LogP contribution in [0, 0.1) is 6.92 Å². The molecule has 0 bridgehead atoms. The predicted octanol–water partition coefficient (Wildman–Crippen LogP) is 3.53. The number of hydrogen-bond acceptors (Lipinski definition) is 5. The molecule has 1 aliphatic heterocycles. The number of hydrogen-bond donors (Lipinski definition) is 1. The fourth-order valence-electron chi connectivity index (χ4n) is 2.70. The molecule has 5 heteroatoms. The first-order valence-electron chi connectivity index (χ1n) is 7.46. The summed E-state index contributed by atoms with van der Waals surface area (Å²) in [6.45, 7) is 5.34. The second-order valence-electron chi connectivity index (χ2n) is 5.73. The molecule has 2 atom stereocenters. The fourth-order valence-corrected chi connectivity index (χ4v) is 3.56. The van der Waals surface area contributed by atoms with E-state index in [2.05, 4.69) is 53.6 Å². The molecule has 0 amide bonds. The quantitative estimate of drug-likeness (QED) is 0.876. The first-order valence-corrected chi connectivity index (χ1v) is 8.44. The van der Waals surface area contributed by atoms with Crippen molar-refractivity contribution in [1.82, 2.24) is 15.5 Å². The van der Waals surface area contributed by atoms with Gasteiger partial charge in [-0.15, -0.1) is 11.8 Å². The minimum Gasteiger partial charge on any atom is -0.339 e. The Hall–Kier alpha value is -1.33. The monoisotopic (exact) mass is 303 g/mol. The topological polar surface area (TPSA) is 51.0 Å². The van der Waals surface area contributed by atoms with Crippen molar-refractivity contribution in [1.29, 1.82) is 0 Å². The standard InChI is InChI=1S/C16H21N3OS/c1-11-4-3-5-14(8-11)21-10-15-18-16(20-19-15)13-6-7-17-12(2)9-13/h3-5,8,12-13,17H,6-7,9-10H2,1-2H3. The van der Waals surface area contributed by atoms with E-state index < -0.39 is 0 Å². The summed E-state index contributed by atoms with van der Waals surface area (Å²) in [5, 5.41) is 7.57. The van der Waals surface area contributed by atoms with E-state index in [9.17, 15) is 0 Å². The Morgan fingerprint density at radius 3 is 3.14 bits per heavy atom. The Morgan fingerprint density at radius 2 is 2.33 bits per heavy atom. The van der Waals surface area contributed by atoms with Crippen LogP contribution in [0.1, 0.15) is 43.0 Å². The van der Waals surface area contributed by atoms with Gasteiger partial charge in [-0.25, -0.2) is 0 Å². The van der Waals surface area contributed by atoms with Gasteiger partial charge in [0.15, 0.2) is 5.82 Å². The predicted molar refractivity (Wildman–Crippen MR) is 84.5 cm³/mol. The summed E-state index contributed by atoms with van der Waals surface area (Å²) in [7, 11) is 0. The second-order valence-corrected chi connectivity index (χ2v) is 6.78. The van der Waals surface area contributed by atoms with Gasteiger partial charge in [0, 0.05) is 16.9 Å². The van der Waals surface area contributed by atoms with Gasteiger partial charge in [0.25, 0.3) is 0 Å². The van der Waals surface area contributed by atoms with E-state index in [0.29, 0.717) is 12.0 Å². The van der Waals surface area contributed by atoms with Crippen molar-refractivity contribution < 1.29 is 4.52 Å². The number of thioether (sulfide) groups is 1. The van der Waals surface area contributed by atoms with Crippen molar-refractivity contribution in [3.8, 4) is 0 Å². The molecule has 2 unspecified atom stereocenters. The molecule has 1 saturated heterocycles. The smallest absolute Gasteiger partial charge is 0.229 e. The molecular weight excluding hydrogens is 282 g/mol. The van der Waals surface area contributed by atoms with E-state index in [4.69, 9.17) is 4.52 Å². The molecule has 21 heavy (non-hydrogen) atoms. The van der Waals surface area contributed by atoms with E-state index in [0.717, 1.165) is 36.9 Å². The maximum absolute atomic E-state index is 5.46. The van der Waals surface area contributed by atoms with Gasteiger partial charge in [0.1, 0.15) is 0 Å². The molecule has 1 aromatic carbocycles.